The van der Waals surface area contributed by atoms with E-state index in [4.69, 9.17) is 23.2 Å². The first kappa shape index (κ1) is 18.6. The van der Waals surface area contributed by atoms with Crippen molar-refractivity contribution in [2.24, 2.45) is 5.92 Å². The molecule has 2 aliphatic carbocycles. The Balaban J connectivity index is 0.000000260. The Kier molecular flexibility index (Phi) is 7.25. The number of aliphatic hydroxyl groups excluding tert-OH is 1. The Morgan fingerprint density at radius 2 is 1.70 bits per heavy atom. The van der Waals surface area contributed by atoms with E-state index in [9.17, 15) is 5.11 Å². The van der Waals surface area contributed by atoms with Gasteiger partial charge in [-0.3, -0.25) is 0 Å². The van der Waals surface area contributed by atoms with E-state index < -0.39 is 5.44 Å². The molecule has 0 saturated heterocycles. The number of hydrogen-bond acceptors (Lipinski definition) is 3. The Morgan fingerprint density at radius 1 is 1.09 bits per heavy atom. The molecule has 0 saturated carbocycles. The van der Waals surface area contributed by atoms with Gasteiger partial charge in [-0.2, -0.15) is 0 Å². The van der Waals surface area contributed by atoms with Crippen molar-refractivity contribution in [2.45, 2.75) is 18.1 Å². The Bertz CT molecular complexity index is 688. The summed E-state index contributed by atoms with van der Waals surface area (Å²) >= 11 is 13.4. The second kappa shape index (κ2) is 8.95. The van der Waals surface area contributed by atoms with Crippen LogP contribution in [0.5, 0.6) is 0 Å². The van der Waals surface area contributed by atoms with Gasteiger partial charge in [-0.05, 0) is 35.2 Å². The zero-order valence-corrected chi connectivity index (χ0v) is 15.6. The molecule has 1 aromatic carbocycles. The van der Waals surface area contributed by atoms with Gasteiger partial charge in [-0.1, -0.05) is 60.5 Å². The summed E-state index contributed by atoms with van der Waals surface area (Å²) in [6.45, 7) is 2.81. The lowest BCUT2D eigenvalue weighted by molar-refractivity contribution is 0.201. The van der Waals surface area contributed by atoms with Gasteiger partial charge in [-0.25, -0.2) is 0 Å². The zero-order valence-electron chi connectivity index (χ0n) is 13.2. The smallest absolute Gasteiger partial charge is 0.103 e. The molecule has 0 bridgehead atoms. The summed E-state index contributed by atoms with van der Waals surface area (Å²) in [5.74, 6) is 0.890. The zero-order chi connectivity index (χ0) is 16.8. The van der Waals surface area contributed by atoms with Crippen molar-refractivity contribution < 1.29 is 5.11 Å². The van der Waals surface area contributed by atoms with Gasteiger partial charge in [-0.15, -0.1) is 11.8 Å². The van der Waals surface area contributed by atoms with Crippen molar-refractivity contribution >= 4 is 35.0 Å². The van der Waals surface area contributed by atoms with Crippen LogP contribution in [0.3, 0.4) is 0 Å². The molecule has 2 N–H and O–H groups in total. The fourth-order valence-corrected chi connectivity index (χ4v) is 3.64. The van der Waals surface area contributed by atoms with Crippen LogP contribution < -0.4 is 5.32 Å². The van der Waals surface area contributed by atoms with Gasteiger partial charge in [0, 0.05) is 28.3 Å². The van der Waals surface area contributed by atoms with E-state index in [1.54, 1.807) is 6.07 Å². The molecule has 3 rings (SSSR count). The van der Waals surface area contributed by atoms with E-state index >= 15 is 0 Å². The summed E-state index contributed by atoms with van der Waals surface area (Å²) in [6.07, 6.45) is 0. The first-order valence-electron chi connectivity index (χ1n) is 7.50. The van der Waals surface area contributed by atoms with Crippen LogP contribution in [0.1, 0.15) is 12.5 Å². The number of benzene rings is 2. The number of nitrogens with one attached hydrogen (secondary N) is 1. The molecular formula is C18H21Cl2NOS. The van der Waals surface area contributed by atoms with Crippen molar-refractivity contribution in [1.29, 1.82) is 0 Å². The molecule has 2 nitrogen and oxygen atoms in total. The minimum absolute atomic E-state index is 0.205. The molecule has 2 aliphatic rings. The van der Waals surface area contributed by atoms with Crippen LogP contribution in [0.15, 0.2) is 42.5 Å². The fourth-order valence-electron chi connectivity index (χ4n) is 2.06. The second-order valence-electron chi connectivity index (χ2n) is 5.55. The van der Waals surface area contributed by atoms with Gasteiger partial charge in [0.1, 0.15) is 5.44 Å². The quantitative estimate of drug-likeness (QED) is 0.618. The molecule has 0 fully saturated rings. The van der Waals surface area contributed by atoms with E-state index in [-0.39, 0.29) is 5.92 Å². The van der Waals surface area contributed by atoms with Crippen LogP contribution in [0.2, 0.25) is 10.0 Å². The van der Waals surface area contributed by atoms with E-state index in [2.05, 4.69) is 29.6 Å². The van der Waals surface area contributed by atoms with Crippen LogP contribution in [0.4, 0.5) is 0 Å². The lowest BCUT2D eigenvalue weighted by atomic mass is 10.1. The van der Waals surface area contributed by atoms with E-state index in [0.717, 1.165) is 12.1 Å². The molecule has 0 radical (unpaired) electrons. The summed E-state index contributed by atoms with van der Waals surface area (Å²) in [6, 6.07) is 13.9. The third kappa shape index (κ3) is 5.40. The maximum Gasteiger partial charge on any atom is 0.103 e. The molecule has 0 amide bonds. The molecule has 124 valence electrons. The first-order chi connectivity index (χ1) is 11.0. The van der Waals surface area contributed by atoms with E-state index in [1.807, 2.05) is 26.1 Å². The molecule has 0 spiro atoms. The van der Waals surface area contributed by atoms with Gasteiger partial charge in [0.15, 0.2) is 0 Å². The highest BCUT2D eigenvalue weighted by atomic mass is 35.5. The third-order valence-electron chi connectivity index (χ3n) is 3.66. The summed E-state index contributed by atoms with van der Waals surface area (Å²) in [5.41, 5.74) is 0.603. The predicted octanol–water partition coefficient (Wildman–Crippen LogP) is 4.69. The summed E-state index contributed by atoms with van der Waals surface area (Å²) in [7, 11) is 1.88. The number of hydrogen-bond donors (Lipinski definition) is 2. The predicted molar refractivity (Wildman–Crippen MR) is 101 cm³/mol. The monoisotopic (exact) mass is 369 g/mol. The molecule has 23 heavy (non-hydrogen) atoms. The average Bonchev–Trinajstić information content (AvgIpc) is 2.50. The van der Waals surface area contributed by atoms with Crippen molar-refractivity contribution in [3.63, 3.8) is 0 Å². The third-order valence-corrected chi connectivity index (χ3v) is 5.53. The number of thioether (sulfide) groups is 1. The molecule has 2 atom stereocenters. The summed E-state index contributed by atoms with van der Waals surface area (Å²) in [5, 5.41) is 17.1. The SMILES string of the molecule is CNCC(C)C(O)SCc1ccc(Cl)cc1Cl.c1cc2ccc1=2. The normalized spacial score (nSPS) is 13.8. The highest BCUT2D eigenvalue weighted by Gasteiger charge is 2.14. The minimum atomic E-state index is -0.394. The van der Waals surface area contributed by atoms with Crippen LogP contribution >= 0.6 is 35.0 Å². The maximum absolute atomic E-state index is 9.91. The molecule has 2 unspecified atom stereocenters. The van der Waals surface area contributed by atoms with Gasteiger partial charge in [0.2, 0.25) is 0 Å². The van der Waals surface area contributed by atoms with Crippen molar-refractivity contribution in [3.8, 4) is 0 Å². The molecule has 0 heterocycles. The number of halogens is 2. The van der Waals surface area contributed by atoms with Gasteiger partial charge < -0.3 is 10.4 Å². The van der Waals surface area contributed by atoms with E-state index in [0.29, 0.717) is 15.8 Å². The van der Waals surface area contributed by atoms with Crippen molar-refractivity contribution in [1.82, 2.24) is 5.32 Å². The van der Waals surface area contributed by atoms with E-state index in [1.165, 1.54) is 22.2 Å². The van der Waals surface area contributed by atoms with Gasteiger partial charge in [0.05, 0.1) is 0 Å². The lowest BCUT2D eigenvalue weighted by Gasteiger charge is -2.18. The van der Waals surface area contributed by atoms with Crippen molar-refractivity contribution in [3.05, 3.63) is 68.5 Å². The number of aliphatic hydroxyl groups is 1. The first-order valence-corrected chi connectivity index (χ1v) is 9.30. The van der Waals surface area contributed by atoms with Crippen LogP contribution in [0, 0.1) is 16.4 Å². The van der Waals surface area contributed by atoms with Crippen LogP contribution in [0.25, 0.3) is 0 Å². The number of rotatable bonds is 6. The molecule has 0 aliphatic heterocycles. The minimum Gasteiger partial charge on any atom is -0.382 e. The largest absolute Gasteiger partial charge is 0.382 e. The Labute approximate surface area is 151 Å². The Hall–Kier alpha value is -0.710. The second-order valence-corrected chi connectivity index (χ2v) is 7.50. The highest BCUT2D eigenvalue weighted by Crippen LogP contribution is 2.27. The Morgan fingerprint density at radius 3 is 2.13 bits per heavy atom. The molecule has 0 aromatic heterocycles. The van der Waals surface area contributed by atoms with Gasteiger partial charge in [0.25, 0.3) is 0 Å². The van der Waals surface area contributed by atoms with Crippen LogP contribution in [-0.4, -0.2) is 24.1 Å². The average molecular weight is 370 g/mol. The molecule has 1 aromatic rings. The maximum atomic E-state index is 9.91. The molecular weight excluding hydrogens is 349 g/mol. The summed E-state index contributed by atoms with van der Waals surface area (Å²) < 4.78 is 0. The summed E-state index contributed by atoms with van der Waals surface area (Å²) in [4.78, 5) is 0. The van der Waals surface area contributed by atoms with Crippen molar-refractivity contribution in [2.75, 3.05) is 13.6 Å². The standard InChI is InChI=1S/C12H17Cl2NOS.C6H4/c1-8(6-15-2)12(16)17-7-9-3-4-10(13)5-11(9)14;1-2-6-4-3-5(1)6/h3-5,8,12,15-16H,6-7H2,1-2H3;1-4H. The topological polar surface area (TPSA) is 32.3 Å². The highest BCUT2D eigenvalue weighted by molar-refractivity contribution is 7.98. The lowest BCUT2D eigenvalue weighted by Crippen LogP contribution is -2.25. The molecule has 5 heteroatoms. The van der Waals surface area contributed by atoms with Crippen LogP contribution in [-0.2, 0) is 5.75 Å². The van der Waals surface area contributed by atoms with Gasteiger partial charge >= 0.3 is 0 Å². The fraction of sp³-hybridized carbons (Fsp3) is 0.333.